The Hall–Kier alpha value is -0.870. The number of halogens is 4. The molecule has 1 heterocycles. The molecule has 19 heavy (non-hydrogen) atoms. The van der Waals surface area contributed by atoms with Crippen molar-refractivity contribution >= 4 is 63.7 Å². The van der Waals surface area contributed by atoms with Crippen molar-refractivity contribution in [3.05, 3.63) is 44.4 Å². The van der Waals surface area contributed by atoms with Crippen molar-refractivity contribution in [2.45, 2.75) is 0 Å². The van der Waals surface area contributed by atoms with E-state index in [1.54, 1.807) is 31.3 Å². The summed E-state index contributed by atoms with van der Waals surface area (Å²) in [5.41, 5.74) is 0.546. The molecule has 0 saturated carbocycles. The van der Waals surface area contributed by atoms with Crippen molar-refractivity contribution < 1.29 is 0 Å². The molecule has 0 aliphatic carbocycles. The Kier molecular flexibility index (Phi) is 4.63. The quantitative estimate of drug-likeness (QED) is 0.779. The van der Waals surface area contributed by atoms with Gasteiger partial charge in [0.25, 0.3) is 0 Å². The third-order valence-electron chi connectivity index (χ3n) is 2.37. The molecule has 2 N–H and O–H groups in total. The van der Waals surface area contributed by atoms with Crippen molar-refractivity contribution in [2.75, 3.05) is 17.7 Å². The van der Waals surface area contributed by atoms with Gasteiger partial charge in [-0.25, -0.2) is 4.98 Å². The molecule has 0 aliphatic heterocycles. The van der Waals surface area contributed by atoms with Gasteiger partial charge in [-0.1, -0.05) is 52.5 Å². The number of para-hydroxylation sites is 1. The van der Waals surface area contributed by atoms with E-state index < -0.39 is 0 Å². The summed E-state index contributed by atoms with van der Waals surface area (Å²) >= 11 is 24.2. The number of rotatable bonds is 3. The van der Waals surface area contributed by atoms with Gasteiger partial charge in [0, 0.05) is 7.05 Å². The predicted molar refractivity (Wildman–Crippen MR) is 83.5 cm³/mol. The number of nitrogens with zero attached hydrogens (tertiary/aromatic N) is 1. The number of hydrogen-bond acceptors (Lipinski definition) is 3. The second-order valence-electron chi connectivity index (χ2n) is 3.62. The van der Waals surface area contributed by atoms with E-state index in [9.17, 15) is 0 Å². The average Bonchev–Trinajstić information content (AvgIpc) is 2.36. The van der Waals surface area contributed by atoms with Gasteiger partial charge in [-0.3, -0.25) is 0 Å². The predicted octanol–water partition coefficient (Wildman–Crippen LogP) is 5.48. The highest BCUT2D eigenvalue weighted by Gasteiger charge is 2.12. The summed E-state index contributed by atoms with van der Waals surface area (Å²) in [5.74, 6) is 0.933. The summed E-state index contributed by atoms with van der Waals surface area (Å²) < 4.78 is 0. The Balaban J connectivity index is 2.44. The largest absolute Gasteiger partial charge is 0.372 e. The molecule has 100 valence electrons. The standard InChI is InChI=1S/C12H9Cl4N3/c1-17-11-8(15)5-9(16)12(19-11)18-10-6(13)3-2-4-7(10)14/h2-5H,1H3,(H2,17,18,19). The topological polar surface area (TPSA) is 37.0 Å². The first-order valence-electron chi connectivity index (χ1n) is 5.27. The number of anilines is 3. The molecule has 0 aliphatic rings. The fourth-order valence-corrected chi connectivity index (χ4v) is 2.46. The summed E-state index contributed by atoms with van der Waals surface area (Å²) in [4.78, 5) is 4.26. The highest BCUT2D eigenvalue weighted by molar-refractivity contribution is 6.40. The third kappa shape index (κ3) is 3.18. The van der Waals surface area contributed by atoms with Crippen LogP contribution in [0.15, 0.2) is 24.3 Å². The first-order valence-corrected chi connectivity index (χ1v) is 6.79. The van der Waals surface area contributed by atoms with E-state index in [4.69, 9.17) is 46.4 Å². The van der Waals surface area contributed by atoms with E-state index in [1.807, 2.05) is 0 Å². The zero-order valence-electron chi connectivity index (χ0n) is 9.77. The summed E-state index contributed by atoms with van der Waals surface area (Å²) in [6.45, 7) is 0. The molecule has 0 unspecified atom stereocenters. The minimum absolute atomic E-state index is 0.375. The lowest BCUT2D eigenvalue weighted by atomic mass is 10.3. The monoisotopic (exact) mass is 335 g/mol. The first kappa shape index (κ1) is 14.5. The van der Waals surface area contributed by atoms with Crippen molar-refractivity contribution in [3.63, 3.8) is 0 Å². The Morgan fingerprint density at radius 1 is 0.895 bits per heavy atom. The van der Waals surface area contributed by atoms with Gasteiger partial charge >= 0.3 is 0 Å². The number of nitrogens with one attached hydrogen (secondary N) is 2. The lowest BCUT2D eigenvalue weighted by molar-refractivity contribution is 1.28. The Labute approximate surface area is 130 Å². The normalized spacial score (nSPS) is 10.4. The zero-order valence-corrected chi connectivity index (χ0v) is 12.8. The molecule has 0 spiro atoms. The Morgan fingerprint density at radius 3 is 2.05 bits per heavy atom. The van der Waals surface area contributed by atoms with Crippen LogP contribution >= 0.6 is 46.4 Å². The van der Waals surface area contributed by atoms with Gasteiger partial charge in [0.15, 0.2) is 5.82 Å². The lowest BCUT2D eigenvalue weighted by Crippen LogP contribution is -2.00. The van der Waals surface area contributed by atoms with Gasteiger partial charge in [0.05, 0.1) is 25.8 Å². The van der Waals surface area contributed by atoms with Crippen molar-refractivity contribution in [3.8, 4) is 0 Å². The summed E-state index contributed by atoms with van der Waals surface area (Å²) in [5, 5.41) is 7.64. The van der Waals surface area contributed by atoms with Crippen LogP contribution in [0, 0.1) is 0 Å². The second kappa shape index (κ2) is 6.06. The van der Waals surface area contributed by atoms with Crippen molar-refractivity contribution in [1.29, 1.82) is 0 Å². The van der Waals surface area contributed by atoms with Crippen LogP contribution < -0.4 is 10.6 Å². The minimum Gasteiger partial charge on any atom is -0.372 e. The minimum atomic E-state index is 0.375. The van der Waals surface area contributed by atoms with Crippen LogP contribution in [0.4, 0.5) is 17.3 Å². The van der Waals surface area contributed by atoms with Crippen molar-refractivity contribution in [1.82, 2.24) is 4.98 Å². The van der Waals surface area contributed by atoms with Gasteiger partial charge in [0.2, 0.25) is 0 Å². The molecule has 0 radical (unpaired) electrons. The maximum absolute atomic E-state index is 6.09. The van der Waals surface area contributed by atoms with Gasteiger partial charge in [-0.2, -0.15) is 0 Å². The van der Waals surface area contributed by atoms with Gasteiger partial charge in [-0.05, 0) is 18.2 Å². The molecule has 0 fully saturated rings. The Morgan fingerprint density at radius 2 is 1.47 bits per heavy atom. The van der Waals surface area contributed by atoms with Crippen LogP contribution in [0.5, 0.6) is 0 Å². The molecular formula is C12H9Cl4N3. The molecule has 0 atom stereocenters. The molecule has 1 aromatic heterocycles. The number of aromatic nitrogens is 1. The molecule has 7 heteroatoms. The van der Waals surface area contributed by atoms with Gasteiger partial charge in [0.1, 0.15) is 5.82 Å². The molecule has 0 saturated heterocycles. The molecule has 2 aromatic rings. The van der Waals surface area contributed by atoms with Gasteiger partial charge < -0.3 is 10.6 Å². The number of hydrogen-bond donors (Lipinski definition) is 2. The van der Waals surface area contributed by atoms with Crippen LogP contribution in [0.3, 0.4) is 0 Å². The van der Waals surface area contributed by atoms with E-state index in [0.29, 0.717) is 37.4 Å². The number of pyridine rings is 1. The fourth-order valence-electron chi connectivity index (χ4n) is 1.47. The lowest BCUT2D eigenvalue weighted by Gasteiger charge is -2.13. The SMILES string of the molecule is CNc1nc(Nc2c(Cl)cccc2Cl)c(Cl)cc1Cl. The molecule has 2 rings (SSSR count). The van der Waals surface area contributed by atoms with Gasteiger partial charge in [-0.15, -0.1) is 0 Å². The van der Waals surface area contributed by atoms with Crippen LogP contribution in [0.25, 0.3) is 0 Å². The van der Waals surface area contributed by atoms with Crippen LogP contribution in [-0.2, 0) is 0 Å². The highest BCUT2D eigenvalue weighted by atomic mass is 35.5. The van der Waals surface area contributed by atoms with Crippen molar-refractivity contribution in [2.24, 2.45) is 0 Å². The maximum atomic E-state index is 6.09. The smallest absolute Gasteiger partial charge is 0.151 e. The average molecular weight is 337 g/mol. The first-order chi connectivity index (χ1) is 9.02. The zero-order chi connectivity index (χ0) is 14.0. The van der Waals surface area contributed by atoms with E-state index >= 15 is 0 Å². The van der Waals surface area contributed by atoms with E-state index in [2.05, 4.69) is 15.6 Å². The highest BCUT2D eigenvalue weighted by Crippen LogP contribution is 2.36. The van der Waals surface area contributed by atoms with E-state index in [1.165, 1.54) is 0 Å². The van der Waals surface area contributed by atoms with E-state index in [-0.39, 0.29) is 0 Å². The van der Waals surface area contributed by atoms with Crippen LogP contribution in [-0.4, -0.2) is 12.0 Å². The van der Waals surface area contributed by atoms with Crippen LogP contribution in [0.1, 0.15) is 0 Å². The molecule has 0 bridgehead atoms. The number of benzene rings is 1. The van der Waals surface area contributed by atoms with E-state index in [0.717, 1.165) is 0 Å². The molecule has 0 amide bonds. The fraction of sp³-hybridized carbons (Fsp3) is 0.0833. The summed E-state index contributed by atoms with van der Waals surface area (Å²) in [7, 11) is 1.72. The summed E-state index contributed by atoms with van der Waals surface area (Å²) in [6, 6.07) is 6.79. The van der Waals surface area contributed by atoms with Crippen LogP contribution in [0.2, 0.25) is 20.1 Å². The molecule has 1 aromatic carbocycles. The molecular weight excluding hydrogens is 328 g/mol. The maximum Gasteiger partial charge on any atom is 0.151 e. The molecule has 3 nitrogen and oxygen atoms in total. The summed E-state index contributed by atoms with van der Waals surface area (Å²) in [6.07, 6.45) is 0. The Bertz CT molecular complexity index is 596. The second-order valence-corrected chi connectivity index (χ2v) is 5.25. The third-order valence-corrected chi connectivity index (χ3v) is 3.58.